The second-order valence-electron chi connectivity index (χ2n) is 6.97. The molecule has 0 bridgehead atoms. The first-order valence-electron chi connectivity index (χ1n) is 8.83. The molecule has 0 N–H and O–H groups in total. The van der Waals surface area contributed by atoms with Crippen LogP contribution in [0.5, 0.6) is 0 Å². The highest BCUT2D eigenvalue weighted by atomic mass is 16.5. The summed E-state index contributed by atoms with van der Waals surface area (Å²) < 4.78 is 7.10. The lowest BCUT2D eigenvalue weighted by atomic mass is 9.85. The Kier molecular flexibility index (Phi) is 4.42. The van der Waals surface area contributed by atoms with Gasteiger partial charge in [0.05, 0.1) is 12.9 Å². The topological polar surface area (TPSA) is 77.0 Å². The molecule has 0 amide bonds. The molecule has 7 nitrogen and oxygen atoms in total. The fourth-order valence-electron chi connectivity index (χ4n) is 3.47. The quantitative estimate of drug-likeness (QED) is 0.832. The zero-order chi connectivity index (χ0) is 16.4. The van der Waals surface area contributed by atoms with E-state index in [1.54, 1.807) is 17.1 Å². The molecule has 0 spiro atoms. The fourth-order valence-corrected chi connectivity index (χ4v) is 3.47. The minimum absolute atomic E-state index is 0.0303. The summed E-state index contributed by atoms with van der Waals surface area (Å²) in [6, 6.07) is 1.52. The Hall–Kier alpha value is -2.02. The molecule has 0 atom stereocenters. The average molecular weight is 329 g/mol. The zero-order valence-electron chi connectivity index (χ0n) is 13.8. The van der Waals surface area contributed by atoms with Gasteiger partial charge >= 0.3 is 0 Å². The Labute approximate surface area is 140 Å². The van der Waals surface area contributed by atoms with Gasteiger partial charge in [0.25, 0.3) is 5.56 Å². The maximum atomic E-state index is 11.8. The van der Waals surface area contributed by atoms with Crippen LogP contribution in [0.15, 0.2) is 27.9 Å². The average Bonchev–Trinajstić information content (AvgIpc) is 2.98. The molecule has 2 aliphatic rings. The van der Waals surface area contributed by atoms with Gasteiger partial charge in [0, 0.05) is 24.7 Å². The largest absolute Gasteiger partial charge is 0.339 e. The molecule has 4 rings (SSSR count). The van der Waals surface area contributed by atoms with Crippen LogP contribution in [0.2, 0.25) is 0 Å². The van der Waals surface area contributed by atoms with Gasteiger partial charge in [-0.15, -0.1) is 0 Å². The standard InChI is InChI=1S/C17H23N5O2/c23-16-4-7-18-12-22(16)10-13-5-8-21(9-6-13)11-15-19-17(24-20-15)14-2-1-3-14/h4,7,12-14H,1-3,5-6,8-11H2. The second-order valence-corrected chi connectivity index (χ2v) is 6.97. The molecule has 2 fully saturated rings. The Morgan fingerprint density at radius 2 is 2.04 bits per heavy atom. The normalized spacial score (nSPS) is 20.2. The molecule has 2 aromatic heterocycles. The smallest absolute Gasteiger partial charge is 0.253 e. The first-order chi connectivity index (χ1) is 11.8. The Bertz CT molecular complexity index is 728. The van der Waals surface area contributed by atoms with E-state index >= 15 is 0 Å². The van der Waals surface area contributed by atoms with Crippen molar-refractivity contribution in [2.45, 2.75) is 51.1 Å². The van der Waals surface area contributed by atoms with Crippen LogP contribution in [0, 0.1) is 5.92 Å². The van der Waals surface area contributed by atoms with Gasteiger partial charge in [0.2, 0.25) is 5.89 Å². The highest BCUT2D eigenvalue weighted by Crippen LogP contribution is 2.35. The Morgan fingerprint density at radius 1 is 1.21 bits per heavy atom. The number of nitrogens with zero attached hydrogens (tertiary/aromatic N) is 5. The molecule has 24 heavy (non-hydrogen) atoms. The molecule has 128 valence electrons. The molecular formula is C17H23N5O2. The summed E-state index contributed by atoms with van der Waals surface area (Å²) in [5, 5.41) is 4.13. The van der Waals surface area contributed by atoms with Crippen molar-refractivity contribution in [2.24, 2.45) is 5.92 Å². The predicted octanol–water partition coefficient (Wildman–Crippen LogP) is 1.81. The molecule has 1 saturated heterocycles. The van der Waals surface area contributed by atoms with Crippen molar-refractivity contribution in [1.82, 2.24) is 24.6 Å². The summed E-state index contributed by atoms with van der Waals surface area (Å²) in [6.07, 6.45) is 8.97. The number of piperidine rings is 1. The van der Waals surface area contributed by atoms with Crippen LogP contribution in [0.25, 0.3) is 0 Å². The first-order valence-corrected chi connectivity index (χ1v) is 8.83. The van der Waals surface area contributed by atoms with E-state index in [9.17, 15) is 4.79 Å². The summed E-state index contributed by atoms with van der Waals surface area (Å²) >= 11 is 0. The summed E-state index contributed by atoms with van der Waals surface area (Å²) in [7, 11) is 0. The predicted molar refractivity (Wildman–Crippen MR) is 87.4 cm³/mol. The van der Waals surface area contributed by atoms with E-state index in [1.165, 1.54) is 25.3 Å². The molecule has 0 radical (unpaired) electrons. The molecule has 0 unspecified atom stereocenters. The van der Waals surface area contributed by atoms with Crippen LogP contribution in [-0.4, -0.2) is 37.7 Å². The molecular weight excluding hydrogens is 306 g/mol. The number of hydrogen-bond acceptors (Lipinski definition) is 6. The molecule has 2 aromatic rings. The highest BCUT2D eigenvalue weighted by Gasteiger charge is 2.26. The van der Waals surface area contributed by atoms with Gasteiger partial charge < -0.3 is 4.52 Å². The number of likely N-dealkylation sites (tertiary alicyclic amines) is 1. The van der Waals surface area contributed by atoms with Gasteiger partial charge in [0.1, 0.15) is 0 Å². The summed E-state index contributed by atoms with van der Waals surface area (Å²) in [5.74, 6) is 2.65. The molecule has 0 aromatic carbocycles. The number of aromatic nitrogens is 4. The van der Waals surface area contributed by atoms with Crippen molar-refractivity contribution in [3.05, 3.63) is 40.7 Å². The third-order valence-electron chi connectivity index (χ3n) is 5.26. The fraction of sp³-hybridized carbons (Fsp3) is 0.647. The van der Waals surface area contributed by atoms with Gasteiger partial charge in [0.15, 0.2) is 5.82 Å². The van der Waals surface area contributed by atoms with Crippen molar-refractivity contribution < 1.29 is 4.52 Å². The molecule has 1 saturated carbocycles. The third kappa shape index (κ3) is 3.40. The van der Waals surface area contributed by atoms with Crippen molar-refractivity contribution in [3.8, 4) is 0 Å². The van der Waals surface area contributed by atoms with Crippen molar-refractivity contribution >= 4 is 0 Å². The van der Waals surface area contributed by atoms with Gasteiger partial charge in [-0.25, -0.2) is 4.98 Å². The third-order valence-corrected chi connectivity index (χ3v) is 5.26. The van der Waals surface area contributed by atoms with E-state index in [1.807, 2.05) is 0 Å². The van der Waals surface area contributed by atoms with Crippen LogP contribution < -0.4 is 5.56 Å². The Morgan fingerprint density at radius 3 is 2.75 bits per heavy atom. The minimum atomic E-state index is 0.0303. The number of hydrogen-bond donors (Lipinski definition) is 0. The molecule has 3 heterocycles. The monoisotopic (exact) mass is 329 g/mol. The first kappa shape index (κ1) is 15.5. The van der Waals surface area contributed by atoms with E-state index in [4.69, 9.17) is 4.52 Å². The highest BCUT2D eigenvalue weighted by molar-refractivity contribution is 4.98. The molecule has 1 aliphatic carbocycles. The van der Waals surface area contributed by atoms with Gasteiger partial charge in [-0.05, 0) is 44.7 Å². The molecule has 7 heteroatoms. The SMILES string of the molecule is O=c1ccncn1CC1CCN(Cc2noc(C3CCC3)n2)CC1. The van der Waals surface area contributed by atoms with Crippen LogP contribution in [0.3, 0.4) is 0 Å². The lowest BCUT2D eigenvalue weighted by Gasteiger charge is -2.31. The van der Waals surface area contributed by atoms with Crippen molar-refractivity contribution in [2.75, 3.05) is 13.1 Å². The Balaban J connectivity index is 1.27. The lowest BCUT2D eigenvalue weighted by molar-refractivity contribution is 0.161. The van der Waals surface area contributed by atoms with E-state index in [-0.39, 0.29) is 5.56 Å². The van der Waals surface area contributed by atoms with E-state index < -0.39 is 0 Å². The van der Waals surface area contributed by atoms with Crippen molar-refractivity contribution in [3.63, 3.8) is 0 Å². The summed E-state index contributed by atoms with van der Waals surface area (Å²) in [4.78, 5) is 22.7. The maximum absolute atomic E-state index is 11.8. The maximum Gasteiger partial charge on any atom is 0.253 e. The minimum Gasteiger partial charge on any atom is -0.339 e. The van der Waals surface area contributed by atoms with E-state index in [2.05, 4.69) is 20.0 Å². The zero-order valence-corrected chi connectivity index (χ0v) is 13.8. The van der Waals surface area contributed by atoms with Crippen LogP contribution in [-0.2, 0) is 13.1 Å². The van der Waals surface area contributed by atoms with E-state index in [0.29, 0.717) is 11.8 Å². The van der Waals surface area contributed by atoms with E-state index in [0.717, 1.165) is 50.7 Å². The van der Waals surface area contributed by atoms with Gasteiger partial charge in [-0.2, -0.15) is 4.98 Å². The summed E-state index contributed by atoms with van der Waals surface area (Å²) in [5.41, 5.74) is 0.0303. The number of rotatable bonds is 5. The lowest BCUT2D eigenvalue weighted by Crippen LogP contribution is -2.36. The van der Waals surface area contributed by atoms with Crippen molar-refractivity contribution in [1.29, 1.82) is 0 Å². The van der Waals surface area contributed by atoms with Gasteiger partial charge in [-0.3, -0.25) is 14.3 Å². The van der Waals surface area contributed by atoms with Crippen LogP contribution in [0.1, 0.15) is 49.7 Å². The van der Waals surface area contributed by atoms with Crippen LogP contribution >= 0.6 is 0 Å². The second kappa shape index (κ2) is 6.84. The molecule has 1 aliphatic heterocycles. The van der Waals surface area contributed by atoms with Crippen LogP contribution in [0.4, 0.5) is 0 Å². The van der Waals surface area contributed by atoms with Gasteiger partial charge in [-0.1, -0.05) is 11.6 Å². The summed E-state index contributed by atoms with van der Waals surface area (Å²) in [6.45, 7) is 3.53.